The number of carbonyl (C=O) groups excluding carboxylic acids is 1. The Hall–Kier alpha value is -1.28. The van der Waals surface area contributed by atoms with E-state index in [1.807, 2.05) is 6.92 Å². The molecule has 208 valence electrons. The third-order valence-corrected chi connectivity index (χ3v) is 11.1. The van der Waals surface area contributed by atoms with Crippen molar-refractivity contribution in [1.82, 2.24) is 0 Å². The summed E-state index contributed by atoms with van der Waals surface area (Å²) in [6, 6.07) is 0. The van der Waals surface area contributed by atoms with Gasteiger partial charge in [0.05, 0.1) is 24.2 Å². The number of hydrogen-bond acceptors (Lipinski definition) is 6. The van der Waals surface area contributed by atoms with Crippen LogP contribution in [0.3, 0.4) is 0 Å². The number of rotatable bonds is 10. The fraction of sp³-hybridized carbons (Fsp3) is 0.867. The molecule has 0 amide bonds. The van der Waals surface area contributed by atoms with Crippen LogP contribution in [0.4, 0.5) is 0 Å². The number of carboxylic acids is 1. The van der Waals surface area contributed by atoms with Crippen LogP contribution in [0, 0.1) is 45.8 Å². The van der Waals surface area contributed by atoms with Crippen molar-refractivity contribution in [2.45, 2.75) is 97.7 Å². The molecule has 0 radical (unpaired) electrons. The van der Waals surface area contributed by atoms with Crippen molar-refractivity contribution in [2.24, 2.45) is 45.8 Å². The Bertz CT molecular complexity index is 931. The second kappa shape index (κ2) is 9.72. The third kappa shape index (κ3) is 3.52. The van der Waals surface area contributed by atoms with Crippen molar-refractivity contribution in [3.63, 3.8) is 0 Å². The van der Waals surface area contributed by atoms with Crippen LogP contribution in [-0.4, -0.2) is 62.3 Å². The molecule has 3 saturated carbocycles. The van der Waals surface area contributed by atoms with Gasteiger partial charge in [0.15, 0.2) is 6.29 Å². The van der Waals surface area contributed by atoms with Gasteiger partial charge in [-0.2, -0.15) is 0 Å². The molecule has 7 nitrogen and oxygen atoms in total. The van der Waals surface area contributed by atoms with Gasteiger partial charge in [0.25, 0.3) is 0 Å². The van der Waals surface area contributed by atoms with Crippen molar-refractivity contribution in [3.05, 3.63) is 11.6 Å². The Morgan fingerprint density at radius 2 is 2.00 bits per heavy atom. The lowest BCUT2D eigenvalue weighted by Gasteiger charge is -2.58. The number of aldehydes is 1. The van der Waals surface area contributed by atoms with E-state index in [0.717, 1.165) is 37.5 Å². The zero-order chi connectivity index (χ0) is 26.8. The average molecular weight is 519 g/mol. The second-order valence-electron chi connectivity index (χ2n) is 12.9. The highest BCUT2D eigenvalue weighted by Crippen LogP contribution is 2.82. The van der Waals surface area contributed by atoms with Crippen LogP contribution in [0.2, 0.25) is 0 Å². The smallest absolute Gasteiger partial charge is 0.315 e. The summed E-state index contributed by atoms with van der Waals surface area (Å²) in [7, 11) is 1.68. The largest absolute Gasteiger partial charge is 0.481 e. The van der Waals surface area contributed by atoms with Crippen LogP contribution in [0.25, 0.3) is 0 Å². The van der Waals surface area contributed by atoms with Gasteiger partial charge in [-0.25, -0.2) is 0 Å². The number of methoxy groups -OCH3 is 1. The zero-order valence-electron chi connectivity index (χ0n) is 23.4. The number of carboxylic acid groups (broad SMARTS) is 1. The highest BCUT2D eigenvalue weighted by molar-refractivity contribution is 5.90. The molecular formula is C30H46O7. The summed E-state index contributed by atoms with van der Waals surface area (Å²) in [5.74, 6) is 0.171. The molecule has 5 aliphatic rings. The van der Waals surface area contributed by atoms with E-state index in [4.69, 9.17) is 18.9 Å². The summed E-state index contributed by atoms with van der Waals surface area (Å²) in [5, 5.41) is 11.1. The van der Waals surface area contributed by atoms with Crippen LogP contribution < -0.4 is 0 Å². The molecule has 7 unspecified atom stereocenters. The van der Waals surface area contributed by atoms with Crippen molar-refractivity contribution >= 4 is 12.3 Å². The number of allylic oxidation sites excluding steroid dienone is 1. The van der Waals surface area contributed by atoms with Crippen molar-refractivity contribution in [1.29, 1.82) is 0 Å². The predicted molar refractivity (Wildman–Crippen MR) is 138 cm³/mol. The molecule has 1 heterocycles. The van der Waals surface area contributed by atoms with E-state index < -0.39 is 28.5 Å². The van der Waals surface area contributed by atoms with Gasteiger partial charge >= 0.3 is 5.97 Å². The first-order valence-electron chi connectivity index (χ1n) is 14.5. The van der Waals surface area contributed by atoms with Gasteiger partial charge in [-0.15, -0.1) is 0 Å². The average Bonchev–Trinajstić information content (AvgIpc) is 3.43. The minimum atomic E-state index is -1.22. The van der Waals surface area contributed by atoms with Gasteiger partial charge in [-0.3, -0.25) is 4.79 Å². The number of aliphatic carboxylic acids is 1. The van der Waals surface area contributed by atoms with Crippen LogP contribution in [0.1, 0.15) is 73.1 Å². The van der Waals surface area contributed by atoms with Gasteiger partial charge in [0.1, 0.15) is 17.8 Å². The summed E-state index contributed by atoms with van der Waals surface area (Å²) < 4.78 is 24.7. The Balaban J connectivity index is 1.50. The lowest BCUT2D eigenvalue weighted by Crippen LogP contribution is -2.63. The third-order valence-electron chi connectivity index (χ3n) is 11.1. The molecule has 37 heavy (non-hydrogen) atoms. The molecule has 5 rings (SSSR count). The molecule has 0 aromatic rings. The van der Waals surface area contributed by atoms with E-state index >= 15 is 0 Å². The molecule has 0 aromatic heterocycles. The lowest BCUT2D eigenvalue weighted by molar-refractivity contribution is -0.272. The van der Waals surface area contributed by atoms with Crippen molar-refractivity contribution in [2.75, 3.05) is 20.3 Å². The summed E-state index contributed by atoms with van der Waals surface area (Å²) in [5.41, 5.74) is -1.81. The maximum Gasteiger partial charge on any atom is 0.315 e. The molecule has 1 N–H and O–H groups in total. The molecule has 4 aliphatic carbocycles. The van der Waals surface area contributed by atoms with E-state index in [1.165, 1.54) is 0 Å². The monoisotopic (exact) mass is 518 g/mol. The summed E-state index contributed by atoms with van der Waals surface area (Å²) in [6.07, 6.45) is 7.10. The van der Waals surface area contributed by atoms with Gasteiger partial charge < -0.3 is 28.8 Å². The van der Waals surface area contributed by atoms with Crippen molar-refractivity contribution in [3.8, 4) is 0 Å². The van der Waals surface area contributed by atoms with E-state index in [9.17, 15) is 14.7 Å². The maximum absolute atomic E-state index is 13.6. The summed E-state index contributed by atoms with van der Waals surface area (Å²) in [4.78, 5) is 26.8. The molecule has 1 aliphatic heterocycles. The van der Waals surface area contributed by atoms with Gasteiger partial charge in [0.2, 0.25) is 0 Å². The van der Waals surface area contributed by atoms with E-state index in [2.05, 4.69) is 33.8 Å². The van der Waals surface area contributed by atoms with E-state index in [1.54, 1.807) is 7.11 Å². The normalized spacial score (nSPS) is 48.2. The Kier molecular flexibility index (Phi) is 7.17. The van der Waals surface area contributed by atoms with E-state index in [-0.39, 0.29) is 42.7 Å². The van der Waals surface area contributed by atoms with Gasteiger partial charge in [-0.05, 0) is 62.2 Å². The first-order chi connectivity index (χ1) is 17.6. The Morgan fingerprint density at radius 3 is 2.62 bits per heavy atom. The maximum atomic E-state index is 13.6. The van der Waals surface area contributed by atoms with Crippen LogP contribution >= 0.6 is 0 Å². The molecule has 7 heteroatoms. The molecule has 0 spiro atoms. The number of carbonyl (C=O) groups is 2. The topological polar surface area (TPSA) is 91.3 Å². The molecular weight excluding hydrogens is 472 g/mol. The van der Waals surface area contributed by atoms with Gasteiger partial charge in [-0.1, -0.05) is 45.8 Å². The minimum absolute atomic E-state index is 0.0175. The zero-order valence-corrected chi connectivity index (χ0v) is 23.4. The quantitative estimate of drug-likeness (QED) is 0.326. The first-order valence-corrected chi connectivity index (χ1v) is 14.5. The highest BCUT2D eigenvalue weighted by atomic mass is 16.7. The number of hydrogen-bond donors (Lipinski definition) is 1. The fourth-order valence-electron chi connectivity index (χ4n) is 9.76. The Morgan fingerprint density at radius 1 is 1.24 bits per heavy atom. The molecule has 4 fully saturated rings. The van der Waals surface area contributed by atoms with E-state index in [0.29, 0.717) is 31.3 Å². The summed E-state index contributed by atoms with van der Waals surface area (Å²) in [6.45, 7) is 11.4. The second-order valence-corrected chi connectivity index (χ2v) is 12.9. The highest BCUT2D eigenvalue weighted by Gasteiger charge is 2.84. The number of fused-ring (bicyclic) bond motifs is 2. The predicted octanol–water partition coefficient (Wildman–Crippen LogP) is 4.87. The number of ether oxygens (including phenoxy) is 4. The first kappa shape index (κ1) is 27.3. The molecule has 4 bridgehead atoms. The van der Waals surface area contributed by atoms with Crippen LogP contribution in [-0.2, 0) is 28.5 Å². The SMILES string of the molecule is CCCO[C@H]1C[C@H](OCC23CC4C(C)CCC4C4(C=O)CC2C=C(C(C)C)C43C(=O)O)O[C@H](C)[C@H]1OC. The standard InChI is InChI=1S/C30H46O7/c1-7-10-35-24-12-25(37-19(5)26(24)34-6)36-16-29-14-21-18(4)8-9-22(21)28(15-31)13-20(29)11-23(17(2)3)30(28,29)27(32)33/h11,15,17-22,24-26H,7-10,12-14,16H2,1-6H3,(H,32,33)/t18?,19-,20?,21?,22?,24+,25-,26-,28?,29?,30?/m1/s1. The molecule has 0 aromatic carbocycles. The molecule has 11 atom stereocenters. The lowest BCUT2D eigenvalue weighted by atomic mass is 9.43. The minimum Gasteiger partial charge on any atom is -0.481 e. The van der Waals surface area contributed by atoms with Crippen molar-refractivity contribution < 1.29 is 33.6 Å². The fourth-order valence-corrected chi connectivity index (χ4v) is 9.76. The summed E-state index contributed by atoms with van der Waals surface area (Å²) >= 11 is 0. The molecule has 1 saturated heterocycles. The van der Waals surface area contributed by atoms with Gasteiger partial charge in [0, 0.05) is 25.6 Å². The Labute approximate surface area is 221 Å². The van der Waals surface area contributed by atoms with Crippen LogP contribution in [0.15, 0.2) is 11.6 Å². The van der Waals surface area contributed by atoms with Crippen LogP contribution in [0.5, 0.6) is 0 Å².